The molecule has 0 aromatic heterocycles. The molecule has 1 radical (unpaired) electrons. The highest BCUT2D eigenvalue weighted by Crippen LogP contribution is 2.22. The monoisotopic (exact) mass is 175 g/mol. The first-order valence-corrected chi connectivity index (χ1v) is 4.81. The van der Waals surface area contributed by atoms with Crippen molar-refractivity contribution in [2.45, 2.75) is 51.3 Å². The first-order chi connectivity index (χ1) is 4.95. The van der Waals surface area contributed by atoms with Crippen molar-refractivity contribution in [3.05, 3.63) is 6.92 Å². The first-order valence-electron chi connectivity index (χ1n) is 4.44. The molecule has 0 heterocycles. The second kappa shape index (κ2) is 5.03. The Kier molecular flexibility index (Phi) is 5.16. The molecule has 11 heavy (non-hydrogen) atoms. The molecule has 0 nitrogen and oxygen atoms in total. The van der Waals surface area contributed by atoms with Gasteiger partial charge in [-0.1, -0.05) is 33.1 Å². The highest BCUT2D eigenvalue weighted by molar-refractivity contribution is 6.23. The molecule has 0 saturated carbocycles. The number of rotatable bonds is 5. The van der Waals surface area contributed by atoms with Crippen molar-refractivity contribution in [3.63, 3.8) is 0 Å². The Bertz CT molecular complexity index is 91.5. The summed E-state index contributed by atoms with van der Waals surface area (Å²) in [7, 11) is 0. The Morgan fingerprint density at radius 3 is 2.36 bits per heavy atom. The fourth-order valence-electron chi connectivity index (χ4n) is 1.02. The second-order valence-electron chi connectivity index (χ2n) is 4.00. The molecule has 67 valence electrons. The van der Waals surface area contributed by atoms with Crippen molar-refractivity contribution in [1.29, 1.82) is 0 Å². The minimum absolute atomic E-state index is 0.0130. The lowest BCUT2D eigenvalue weighted by Crippen LogP contribution is -2.09. The quantitative estimate of drug-likeness (QED) is 0.554. The van der Waals surface area contributed by atoms with Crippen molar-refractivity contribution in [1.82, 2.24) is 0 Å². The van der Waals surface area contributed by atoms with E-state index in [0.29, 0.717) is 0 Å². The number of halogens is 1. The van der Waals surface area contributed by atoms with Gasteiger partial charge >= 0.3 is 0 Å². The van der Waals surface area contributed by atoms with Crippen LogP contribution in [0.4, 0.5) is 0 Å². The third-order valence-corrected chi connectivity index (χ3v) is 2.15. The van der Waals surface area contributed by atoms with E-state index in [2.05, 4.69) is 27.7 Å². The predicted molar refractivity (Wildman–Crippen MR) is 52.9 cm³/mol. The summed E-state index contributed by atoms with van der Waals surface area (Å²) in [6, 6.07) is 0. The smallest absolute Gasteiger partial charge is 0.0390 e. The number of hydrogen-bond donors (Lipinski definition) is 0. The predicted octanol–water partition coefficient (Wildman–Crippen LogP) is 4.03. The highest BCUT2D eigenvalue weighted by atomic mass is 35.5. The van der Waals surface area contributed by atoms with Crippen LogP contribution in [0, 0.1) is 12.8 Å². The van der Waals surface area contributed by atoms with Crippen LogP contribution in [0.15, 0.2) is 0 Å². The van der Waals surface area contributed by atoms with Crippen LogP contribution >= 0.6 is 11.6 Å². The molecule has 0 rings (SSSR count). The van der Waals surface area contributed by atoms with Crippen molar-refractivity contribution in [2.75, 3.05) is 0 Å². The maximum atomic E-state index is 6.04. The summed E-state index contributed by atoms with van der Waals surface area (Å²) < 4.78 is 0. The molecular weight excluding hydrogens is 156 g/mol. The first kappa shape index (κ1) is 11.3. The molecule has 0 aliphatic carbocycles. The zero-order valence-corrected chi connectivity index (χ0v) is 8.75. The maximum Gasteiger partial charge on any atom is 0.0390 e. The van der Waals surface area contributed by atoms with Crippen LogP contribution in [0.1, 0.15) is 46.5 Å². The molecule has 0 bridgehead atoms. The van der Waals surface area contributed by atoms with E-state index in [0.717, 1.165) is 18.8 Å². The lowest BCUT2D eigenvalue weighted by Gasteiger charge is -2.16. The Morgan fingerprint density at radius 2 is 2.00 bits per heavy atom. The third-order valence-electron chi connectivity index (χ3n) is 1.96. The van der Waals surface area contributed by atoms with Gasteiger partial charge < -0.3 is 0 Å². The fraction of sp³-hybridized carbons (Fsp3) is 0.900. The van der Waals surface area contributed by atoms with Crippen LogP contribution in [0.2, 0.25) is 0 Å². The van der Waals surface area contributed by atoms with Crippen LogP contribution in [-0.4, -0.2) is 4.87 Å². The van der Waals surface area contributed by atoms with E-state index in [-0.39, 0.29) is 4.87 Å². The molecular formula is C10H20Cl. The van der Waals surface area contributed by atoms with E-state index < -0.39 is 0 Å². The molecule has 0 spiro atoms. The Morgan fingerprint density at radius 1 is 1.45 bits per heavy atom. The van der Waals surface area contributed by atoms with E-state index in [4.69, 9.17) is 11.6 Å². The van der Waals surface area contributed by atoms with E-state index in [1.165, 1.54) is 12.8 Å². The number of alkyl halides is 1. The molecule has 0 aliphatic heterocycles. The topological polar surface area (TPSA) is 0 Å². The van der Waals surface area contributed by atoms with Gasteiger partial charge in [0.05, 0.1) is 0 Å². The summed E-state index contributed by atoms with van der Waals surface area (Å²) in [5.41, 5.74) is 0. The van der Waals surface area contributed by atoms with E-state index in [9.17, 15) is 0 Å². The van der Waals surface area contributed by atoms with Gasteiger partial charge in [-0.05, 0) is 26.2 Å². The summed E-state index contributed by atoms with van der Waals surface area (Å²) in [5, 5.41) is 0. The standard InChI is InChI=1S/C10H20Cl/c1-5-9(2)7-6-8-10(3,4)11/h9H,1,5-8H2,2-4H3. The Balaban J connectivity index is 3.28. The van der Waals surface area contributed by atoms with Gasteiger partial charge in [-0.25, -0.2) is 0 Å². The molecule has 0 saturated heterocycles. The zero-order chi connectivity index (χ0) is 8.91. The van der Waals surface area contributed by atoms with E-state index >= 15 is 0 Å². The van der Waals surface area contributed by atoms with Crippen molar-refractivity contribution in [2.24, 2.45) is 5.92 Å². The van der Waals surface area contributed by atoms with Gasteiger partial charge in [-0.15, -0.1) is 11.6 Å². The van der Waals surface area contributed by atoms with E-state index in [1.807, 2.05) is 0 Å². The summed E-state index contributed by atoms with van der Waals surface area (Å²) in [5.74, 6) is 0.758. The molecule has 1 atom stereocenters. The molecule has 0 aliphatic rings. The minimum Gasteiger partial charge on any atom is -0.120 e. The van der Waals surface area contributed by atoms with Crippen LogP contribution in [-0.2, 0) is 0 Å². The summed E-state index contributed by atoms with van der Waals surface area (Å²) in [6.07, 6.45) is 4.65. The molecule has 0 amide bonds. The van der Waals surface area contributed by atoms with Crippen LogP contribution in [0.3, 0.4) is 0 Å². The van der Waals surface area contributed by atoms with Gasteiger partial charge in [-0.3, -0.25) is 0 Å². The Labute approximate surface area is 76.3 Å². The molecule has 0 aromatic rings. The third kappa shape index (κ3) is 8.19. The van der Waals surface area contributed by atoms with Crippen LogP contribution in [0.25, 0.3) is 0 Å². The fourth-order valence-corrected chi connectivity index (χ4v) is 1.15. The zero-order valence-electron chi connectivity index (χ0n) is 7.99. The van der Waals surface area contributed by atoms with E-state index in [1.54, 1.807) is 0 Å². The lowest BCUT2D eigenvalue weighted by molar-refractivity contribution is 0.473. The van der Waals surface area contributed by atoms with Gasteiger partial charge in [0, 0.05) is 4.87 Å². The average molecular weight is 176 g/mol. The van der Waals surface area contributed by atoms with Gasteiger partial charge in [0.1, 0.15) is 0 Å². The summed E-state index contributed by atoms with van der Waals surface area (Å²) >= 11 is 6.04. The Hall–Kier alpha value is 0.290. The lowest BCUT2D eigenvalue weighted by atomic mass is 9.98. The number of hydrogen-bond acceptors (Lipinski definition) is 0. The molecule has 0 N–H and O–H groups in total. The molecule has 1 unspecified atom stereocenters. The molecule has 0 fully saturated rings. The second-order valence-corrected chi connectivity index (χ2v) is 5.03. The van der Waals surface area contributed by atoms with Gasteiger partial charge in [0.15, 0.2) is 0 Å². The molecule has 0 aromatic carbocycles. The van der Waals surface area contributed by atoms with Crippen LogP contribution < -0.4 is 0 Å². The van der Waals surface area contributed by atoms with Gasteiger partial charge in [0.25, 0.3) is 0 Å². The minimum atomic E-state index is -0.0130. The van der Waals surface area contributed by atoms with Gasteiger partial charge in [0.2, 0.25) is 0 Å². The highest BCUT2D eigenvalue weighted by Gasteiger charge is 2.12. The SMILES string of the molecule is [CH2]CC(C)CCCC(C)(C)Cl. The summed E-state index contributed by atoms with van der Waals surface area (Å²) in [6.45, 7) is 10.3. The normalized spacial score (nSPS) is 15.0. The van der Waals surface area contributed by atoms with Crippen molar-refractivity contribution < 1.29 is 0 Å². The van der Waals surface area contributed by atoms with Gasteiger partial charge in [-0.2, -0.15) is 0 Å². The maximum absolute atomic E-state index is 6.04. The van der Waals surface area contributed by atoms with Crippen LogP contribution in [0.5, 0.6) is 0 Å². The average Bonchev–Trinajstić information content (AvgIpc) is 1.85. The summed E-state index contributed by atoms with van der Waals surface area (Å²) in [4.78, 5) is -0.0130. The molecule has 1 heteroatoms. The largest absolute Gasteiger partial charge is 0.120 e. The van der Waals surface area contributed by atoms with Crippen molar-refractivity contribution in [3.8, 4) is 0 Å². The van der Waals surface area contributed by atoms with Crippen molar-refractivity contribution >= 4 is 11.6 Å².